The molecule has 1 rings (SSSR count). The van der Waals surface area contributed by atoms with Crippen molar-refractivity contribution < 1.29 is 14.3 Å². The van der Waals surface area contributed by atoms with Gasteiger partial charge in [0, 0.05) is 21.3 Å². The minimum absolute atomic E-state index is 0.264. The number of carbonyl (C=O) groups excluding carboxylic acids is 1. The van der Waals surface area contributed by atoms with E-state index in [0.717, 1.165) is 0 Å². The highest BCUT2D eigenvalue weighted by atomic mass is 35.5. The van der Waals surface area contributed by atoms with Crippen molar-refractivity contribution in [2.75, 3.05) is 33.1 Å². The van der Waals surface area contributed by atoms with Gasteiger partial charge in [0.15, 0.2) is 17.3 Å². The topological polar surface area (TPSA) is 76.6 Å². The largest absolute Gasteiger partial charge is 0.354 e. The molecule has 0 spiro atoms. The molecule has 0 unspecified atom stereocenters. The molecule has 0 saturated carbocycles. The van der Waals surface area contributed by atoms with Crippen LogP contribution in [0.2, 0.25) is 5.15 Å². The molecule has 1 aromatic rings. The second-order valence-electron chi connectivity index (χ2n) is 3.45. The summed E-state index contributed by atoms with van der Waals surface area (Å²) in [6.45, 7) is 0.292. The van der Waals surface area contributed by atoms with Gasteiger partial charge in [-0.3, -0.25) is 5.32 Å². The highest BCUT2D eigenvalue weighted by Crippen LogP contribution is 2.07. The highest BCUT2D eigenvalue weighted by Gasteiger charge is 2.15. The summed E-state index contributed by atoms with van der Waals surface area (Å²) in [5.74, 6) is 0.322. The van der Waals surface area contributed by atoms with E-state index in [9.17, 15) is 4.79 Å². The first-order valence-corrected chi connectivity index (χ1v) is 5.51. The van der Waals surface area contributed by atoms with Gasteiger partial charge in [0.2, 0.25) is 0 Å². The van der Waals surface area contributed by atoms with Gasteiger partial charge in [0.1, 0.15) is 0 Å². The zero-order valence-electron chi connectivity index (χ0n) is 10.4. The molecular formula is C10H15ClN4O3. The van der Waals surface area contributed by atoms with Gasteiger partial charge >= 0.3 is 6.03 Å². The van der Waals surface area contributed by atoms with Gasteiger partial charge in [-0.05, 0) is 12.1 Å². The molecular weight excluding hydrogens is 260 g/mol. The maximum absolute atomic E-state index is 11.8. The fraction of sp³-hybridized carbons (Fsp3) is 0.500. The lowest BCUT2D eigenvalue weighted by Crippen LogP contribution is -2.38. The molecule has 0 aliphatic heterocycles. The van der Waals surface area contributed by atoms with Crippen molar-refractivity contribution in [1.82, 2.24) is 15.1 Å². The number of anilines is 1. The van der Waals surface area contributed by atoms with Crippen LogP contribution in [0.25, 0.3) is 0 Å². The summed E-state index contributed by atoms with van der Waals surface area (Å²) < 4.78 is 9.99. The number of carbonyl (C=O) groups is 1. The third-order valence-corrected chi connectivity index (χ3v) is 2.36. The molecule has 0 saturated heterocycles. The van der Waals surface area contributed by atoms with Crippen molar-refractivity contribution in [2.24, 2.45) is 0 Å². The van der Waals surface area contributed by atoms with Crippen LogP contribution in [0.1, 0.15) is 0 Å². The first-order valence-electron chi connectivity index (χ1n) is 5.13. The number of likely N-dealkylation sites (N-methyl/N-ethyl adjacent to an activating group) is 1. The van der Waals surface area contributed by atoms with Crippen LogP contribution in [0.3, 0.4) is 0 Å². The number of urea groups is 1. The lowest BCUT2D eigenvalue weighted by Gasteiger charge is -2.22. The summed E-state index contributed by atoms with van der Waals surface area (Å²) in [5, 5.41) is 10.2. The van der Waals surface area contributed by atoms with Crippen molar-refractivity contribution in [3.63, 3.8) is 0 Å². The standard InChI is InChI=1S/C10H15ClN4O3/c1-15(6-9(17-2)18-3)10(16)12-8-5-4-7(11)13-14-8/h4-5,9H,6H2,1-3H3,(H,12,14,16). The van der Waals surface area contributed by atoms with Gasteiger partial charge in [-0.25, -0.2) is 4.79 Å². The number of ether oxygens (including phenoxy) is 2. The Morgan fingerprint density at radius 2 is 2.11 bits per heavy atom. The van der Waals surface area contributed by atoms with Crippen LogP contribution in [-0.4, -0.2) is 55.2 Å². The Morgan fingerprint density at radius 1 is 1.44 bits per heavy atom. The summed E-state index contributed by atoms with van der Waals surface area (Å²) in [7, 11) is 4.62. The predicted molar refractivity (Wildman–Crippen MR) is 66.5 cm³/mol. The molecule has 100 valence electrons. The first-order chi connectivity index (χ1) is 8.56. The highest BCUT2D eigenvalue weighted by molar-refractivity contribution is 6.29. The van der Waals surface area contributed by atoms with Gasteiger partial charge < -0.3 is 14.4 Å². The summed E-state index contributed by atoms with van der Waals surface area (Å²) in [6, 6.07) is 2.76. The molecule has 0 aromatic carbocycles. The van der Waals surface area contributed by atoms with Crippen molar-refractivity contribution in [3.05, 3.63) is 17.3 Å². The molecule has 0 atom stereocenters. The molecule has 0 fully saturated rings. The maximum Gasteiger partial charge on any atom is 0.322 e. The molecule has 0 bridgehead atoms. The molecule has 7 nitrogen and oxygen atoms in total. The summed E-state index contributed by atoms with van der Waals surface area (Å²) in [4.78, 5) is 13.2. The summed E-state index contributed by atoms with van der Waals surface area (Å²) in [5.41, 5.74) is 0. The number of hydrogen-bond acceptors (Lipinski definition) is 5. The zero-order chi connectivity index (χ0) is 13.5. The second kappa shape index (κ2) is 7.10. The van der Waals surface area contributed by atoms with E-state index in [4.69, 9.17) is 21.1 Å². The predicted octanol–water partition coefficient (Wildman–Crippen LogP) is 1.21. The number of methoxy groups -OCH3 is 2. The molecule has 18 heavy (non-hydrogen) atoms. The van der Waals surface area contributed by atoms with Crippen LogP contribution >= 0.6 is 11.6 Å². The molecule has 1 N–H and O–H groups in total. The van der Waals surface area contributed by atoms with Crippen LogP contribution in [0.15, 0.2) is 12.1 Å². The summed E-state index contributed by atoms with van der Waals surface area (Å²) in [6.07, 6.45) is -0.475. The Hall–Kier alpha value is -1.44. The van der Waals surface area contributed by atoms with E-state index in [1.54, 1.807) is 13.1 Å². The van der Waals surface area contributed by atoms with E-state index in [-0.39, 0.29) is 11.2 Å². The number of nitrogens with zero attached hydrogens (tertiary/aromatic N) is 3. The number of nitrogens with one attached hydrogen (secondary N) is 1. The van der Waals surface area contributed by atoms with Crippen LogP contribution < -0.4 is 5.32 Å². The third-order valence-electron chi connectivity index (χ3n) is 2.16. The maximum atomic E-state index is 11.8. The Balaban J connectivity index is 2.51. The van der Waals surface area contributed by atoms with Crippen LogP contribution in [-0.2, 0) is 9.47 Å². The van der Waals surface area contributed by atoms with E-state index < -0.39 is 6.29 Å². The molecule has 2 amide bonds. The van der Waals surface area contributed by atoms with Crippen LogP contribution in [0.4, 0.5) is 10.6 Å². The quantitative estimate of drug-likeness (QED) is 0.817. The van der Waals surface area contributed by atoms with Gasteiger partial charge in [-0.2, -0.15) is 0 Å². The van der Waals surface area contributed by atoms with Gasteiger partial charge in [-0.15, -0.1) is 10.2 Å². The normalized spacial score (nSPS) is 10.5. The van der Waals surface area contributed by atoms with Crippen molar-refractivity contribution >= 4 is 23.4 Å². The Morgan fingerprint density at radius 3 is 2.61 bits per heavy atom. The van der Waals surface area contributed by atoms with Gasteiger partial charge in [0.25, 0.3) is 0 Å². The van der Waals surface area contributed by atoms with Crippen LogP contribution in [0, 0.1) is 0 Å². The average Bonchev–Trinajstić information content (AvgIpc) is 2.38. The van der Waals surface area contributed by atoms with Crippen LogP contribution in [0.5, 0.6) is 0 Å². The van der Waals surface area contributed by atoms with E-state index in [2.05, 4.69) is 15.5 Å². The molecule has 1 aromatic heterocycles. The fourth-order valence-electron chi connectivity index (χ4n) is 1.14. The lowest BCUT2D eigenvalue weighted by molar-refractivity contribution is -0.108. The average molecular weight is 275 g/mol. The Kier molecular flexibility index (Phi) is 5.76. The van der Waals surface area contributed by atoms with Crippen molar-refractivity contribution in [1.29, 1.82) is 0 Å². The number of hydrogen-bond donors (Lipinski definition) is 1. The monoisotopic (exact) mass is 274 g/mol. The van der Waals surface area contributed by atoms with E-state index >= 15 is 0 Å². The van der Waals surface area contributed by atoms with Crippen molar-refractivity contribution in [2.45, 2.75) is 6.29 Å². The number of rotatable bonds is 5. The third kappa shape index (κ3) is 4.44. The van der Waals surface area contributed by atoms with Gasteiger partial charge in [-0.1, -0.05) is 11.6 Å². The van der Waals surface area contributed by atoms with E-state index in [1.807, 2.05) is 0 Å². The van der Waals surface area contributed by atoms with Crippen molar-refractivity contribution in [3.8, 4) is 0 Å². The Bertz CT molecular complexity index is 383. The second-order valence-corrected chi connectivity index (χ2v) is 3.84. The van der Waals surface area contributed by atoms with E-state index in [0.29, 0.717) is 12.4 Å². The zero-order valence-corrected chi connectivity index (χ0v) is 11.1. The van der Waals surface area contributed by atoms with E-state index in [1.165, 1.54) is 25.2 Å². The first kappa shape index (κ1) is 14.6. The summed E-state index contributed by atoms with van der Waals surface area (Å²) >= 11 is 5.59. The molecule has 0 radical (unpaired) electrons. The molecule has 0 aliphatic carbocycles. The number of halogens is 1. The molecule has 1 heterocycles. The minimum Gasteiger partial charge on any atom is -0.354 e. The molecule has 8 heteroatoms. The van der Waals surface area contributed by atoms with Gasteiger partial charge in [0.05, 0.1) is 6.54 Å². The SMILES string of the molecule is COC(CN(C)C(=O)Nc1ccc(Cl)nn1)OC. The molecule has 0 aliphatic rings. The number of amides is 2. The number of aromatic nitrogens is 2. The smallest absolute Gasteiger partial charge is 0.322 e. The Labute approximate surface area is 110 Å². The fourth-order valence-corrected chi connectivity index (χ4v) is 1.24. The lowest BCUT2D eigenvalue weighted by atomic mass is 10.5. The minimum atomic E-state index is -0.475.